The van der Waals surface area contributed by atoms with E-state index in [1.54, 1.807) is 14.1 Å². The molecule has 1 N–H and O–H groups in total. The number of benzene rings is 1. The molecule has 1 aliphatic rings. The Morgan fingerprint density at radius 2 is 1.95 bits per heavy atom. The number of nitro benzene ring substituents is 1. The number of nitrogens with zero attached hydrogens (tertiary/aromatic N) is 2. The zero-order valence-electron chi connectivity index (χ0n) is 12.1. The summed E-state index contributed by atoms with van der Waals surface area (Å²) < 4.78 is 26.5. The van der Waals surface area contributed by atoms with Gasteiger partial charge in [0.15, 0.2) is 0 Å². The van der Waals surface area contributed by atoms with Gasteiger partial charge in [0.05, 0.1) is 9.82 Å². The average Bonchev–Trinajstić information content (AvgIpc) is 2.99. The SMILES string of the molecule is CNc1ccc(S(=O)(=O)N(C)C2CCCC2)cc1[N+](=O)[O-]. The maximum Gasteiger partial charge on any atom is 0.293 e. The van der Waals surface area contributed by atoms with Crippen molar-refractivity contribution in [2.24, 2.45) is 0 Å². The van der Waals surface area contributed by atoms with E-state index < -0.39 is 14.9 Å². The van der Waals surface area contributed by atoms with Crippen molar-refractivity contribution in [1.82, 2.24) is 4.31 Å². The van der Waals surface area contributed by atoms with Crippen LogP contribution in [0, 0.1) is 10.1 Å². The number of anilines is 1. The second-order valence-electron chi connectivity index (χ2n) is 5.15. The van der Waals surface area contributed by atoms with Crippen LogP contribution < -0.4 is 5.32 Å². The molecule has 0 saturated heterocycles. The van der Waals surface area contributed by atoms with Gasteiger partial charge in [-0.3, -0.25) is 10.1 Å². The molecule has 0 bridgehead atoms. The maximum absolute atomic E-state index is 12.6. The van der Waals surface area contributed by atoms with Gasteiger partial charge in [-0.25, -0.2) is 8.42 Å². The molecule has 0 unspecified atom stereocenters. The fourth-order valence-electron chi connectivity index (χ4n) is 2.66. The monoisotopic (exact) mass is 313 g/mol. The van der Waals surface area contributed by atoms with Gasteiger partial charge < -0.3 is 5.32 Å². The minimum absolute atomic E-state index is 0.0157. The van der Waals surface area contributed by atoms with Crippen LogP contribution in [-0.4, -0.2) is 37.8 Å². The number of sulfonamides is 1. The van der Waals surface area contributed by atoms with Crippen molar-refractivity contribution in [3.63, 3.8) is 0 Å². The topological polar surface area (TPSA) is 92.6 Å². The lowest BCUT2D eigenvalue weighted by Crippen LogP contribution is -2.35. The molecule has 116 valence electrons. The first-order valence-corrected chi connectivity index (χ1v) is 8.26. The van der Waals surface area contributed by atoms with Gasteiger partial charge in [-0.2, -0.15) is 4.31 Å². The third-order valence-electron chi connectivity index (χ3n) is 3.95. The Labute approximate surface area is 124 Å². The summed E-state index contributed by atoms with van der Waals surface area (Å²) >= 11 is 0. The lowest BCUT2D eigenvalue weighted by Gasteiger charge is -2.23. The van der Waals surface area contributed by atoms with Gasteiger partial charge in [0.25, 0.3) is 5.69 Å². The molecular weight excluding hydrogens is 294 g/mol. The van der Waals surface area contributed by atoms with Crippen LogP contribution in [0.15, 0.2) is 23.1 Å². The second kappa shape index (κ2) is 5.98. The van der Waals surface area contributed by atoms with E-state index in [-0.39, 0.29) is 16.6 Å². The summed E-state index contributed by atoms with van der Waals surface area (Å²) in [5.41, 5.74) is 0.0564. The third-order valence-corrected chi connectivity index (χ3v) is 5.86. The average molecular weight is 313 g/mol. The first kappa shape index (κ1) is 15.7. The van der Waals surface area contributed by atoms with Crippen LogP contribution in [-0.2, 0) is 10.0 Å². The Morgan fingerprint density at radius 1 is 1.33 bits per heavy atom. The molecule has 0 spiro atoms. The van der Waals surface area contributed by atoms with Crippen molar-refractivity contribution in [2.45, 2.75) is 36.6 Å². The molecule has 21 heavy (non-hydrogen) atoms. The maximum atomic E-state index is 12.6. The predicted molar refractivity (Wildman–Crippen MR) is 79.8 cm³/mol. The zero-order valence-corrected chi connectivity index (χ0v) is 12.9. The van der Waals surface area contributed by atoms with Crippen LogP contribution in [0.2, 0.25) is 0 Å². The molecule has 0 aliphatic heterocycles. The molecule has 0 radical (unpaired) electrons. The molecule has 7 nitrogen and oxygen atoms in total. The number of nitro groups is 1. The molecule has 1 saturated carbocycles. The van der Waals surface area contributed by atoms with E-state index in [1.807, 2.05) is 0 Å². The van der Waals surface area contributed by atoms with Crippen molar-refractivity contribution in [1.29, 1.82) is 0 Å². The van der Waals surface area contributed by atoms with Gasteiger partial charge in [0.2, 0.25) is 10.0 Å². The second-order valence-corrected chi connectivity index (χ2v) is 7.14. The molecule has 8 heteroatoms. The normalized spacial score (nSPS) is 16.3. The largest absolute Gasteiger partial charge is 0.383 e. The highest BCUT2D eigenvalue weighted by Crippen LogP contribution is 2.31. The third kappa shape index (κ3) is 3.01. The quantitative estimate of drug-likeness (QED) is 0.664. The Hall–Kier alpha value is -1.67. The van der Waals surface area contributed by atoms with E-state index in [2.05, 4.69) is 5.32 Å². The molecule has 2 rings (SSSR count). The van der Waals surface area contributed by atoms with Gasteiger partial charge in [-0.05, 0) is 25.0 Å². The highest BCUT2D eigenvalue weighted by Gasteiger charge is 2.31. The number of hydrogen-bond acceptors (Lipinski definition) is 5. The smallest absolute Gasteiger partial charge is 0.293 e. The van der Waals surface area contributed by atoms with Crippen LogP contribution in [0.25, 0.3) is 0 Å². The molecule has 0 aromatic heterocycles. The summed E-state index contributed by atoms with van der Waals surface area (Å²) in [6.07, 6.45) is 3.71. The molecule has 0 amide bonds. The van der Waals surface area contributed by atoms with Gasteiger partial charge in [-0.15, -0.1) is 0 Å². The summed E-state index contributed by atoms with van der Waals surface area (Å²) in [6.45, 7) is 0. The molecule has 1 fully saturated rings. The summed E-state index contributed by atoms with van der Waals surface area (Å²) in [5, 5.41) is 13.7. The van der Waals surface area contributed by atoms with Gasteiger partial charge in [0, 0.05) is 26.2 Å². The predicted octanol–water partition coefficient (Wildman–Crippen LogP) is 2.20. The van der Waals surface area contributed by atoms with Gasteiger partial charge >= 0.3 is 0 Å². The van der Waals surface area contributed by atoms with E-state index in [4.69, 9.17) is 0 Å². The lowest BCUT2D eigenvalue weighted by molar-refractivity contribution is -0.384. The fraction of sp³-hybridized carbons (Fsp3) is 0.538. The zero-order chi connectivity index (χ0) is 15.6. The van der Waals surface area contributed by atoms with Crippen molar-refractivity contribution < 1.29 is 13.3 Å². The molecular formula is C13H19N3O4S. The molecule has 1 aliphatic carbocycles. The van der Waals surface area contributed by atoms with E-state index in [0.717, 1.165) is 31.7 Å². The van der Waals surface area contributed by atoms with Gasteiger partial charge in [0.1, 0.15) is 5.69 Å². The van der Waals surface area contributed by atoms with Crippen LogP contribution in [0.5, 0.6) is 0 Å². The van der Waals surface area contributed by atoms with Crippen LogP contribution in [0.3, 0.4) is 0 Å². The number of hydrogen-bond donors (Lipinski definition) is 1. The van der Waals surface area contributed by atoms with Crippen molar-refractivity contribution in [3.8, 4) is 0 Å². The first-order valence-electron chi connectivity index (χ1n) is 6.82. The van der Waals surface area contributed by atoms with Crippen molar-refractivity contribution >= 4 is 21.4 Å². The highest BCUT2D eigenvalue weighted by molar-refractivity contribution is 7.89. The standard InChI is InChI=1S/C13H19N3O4S/c1-14-12-8-7-11(9-13(12)16(17)18)21(19,20)15(2)10-5-3-4-6-10/h7-10,14H,3-6H2,1-2H3. The lowest BCUT2D eigenvalue weighted by atomic mass is 10.3. The van der Waals surface area contributed by atoms with E-state index in [0.29, 0.717) is 5.69 Å². The summed E-state index contributed by atoms with van der Waals surface area (Å²) in [6, 6.07) is 3.93. The Morgan fingerprint density at radius 3 is 2.48 bits per heavy atom. The fourth-order valence-corrected chi connectivity index (χ4v) is 4.10. The van der Waals surface area contributed by atoms with Crippen LogP contribution in [0.1, 0.15) is 25.7 Å². The first-order chi connectivity index (χ1) is 9.87. The Bertz CT molecular complexity index is 639. The Balaban J connectivity index is 2.40. The number of rotatable bonds is 5. The van der Waals surface area contributed by atoms with Crippen molar-refractivity contribution in [3.05, 3.63) is 28.3 Å². The van der Waals surface area contributed by atoms with Crippen molar-refractivity contribution in [2.75, 3.05) is 19.4 Å². The van der Waals surface area contributed by atoms with Crippen LogP contribution in [0.4, 0.5) is 11.4 Å². The van der Waals surface area contributed by atoms with E-state index in [9.17, 15) is 18.5 Å². The summed E-state index contributed by atoms with van der Waals surface area (Å²) in [4.78, 5) is 10.4. The summed E-state index contributed by atoms with van der Waals surface area (Å²) in [7, 11) is -0.601. The molecule has 1 aromatic rings. The van der Waals surface area contributed by atoms with E-state index in [1.165, 1.54) is 16.4 Å². The Kier molecular flexibility index (Phi) is 4.48. The highest BCUT2D eigenvalue weighted by atomic mass is 32.2. The minimum atomic E-state index is -3.70. The van der Waals surface area contributed by atoms with Gasteiger partial charge in [-0.1, -0.05) is 12.8 Å². The minimum Gasteiger partial charge on any atom is -0.383 e. The molecule has 0 atom stereocenters. The molecule has 1 aromatic carbocycles. The van der Waals surface area contributed by atoms with E-state index >= 15 is 0 Å². The van der Waals surface area contributed by atoms with Crippen LogP contribution >= 0.6 is 0 Å². The molecule has 0 heterocycles. The summed E-state index contributed by atoms with van der Waals surface area (Å²) in [5.74, 6) is 0. The number of nitrogens with one attached hydrogen (secondary N) is 1.